The number of nitrogens with zero attached hydrogens (tertiary/aromatic N) is 1. The van der Waals surface area contributed by atoms with Crippen molar-refractivity contribution < 1.29 is 9.90 Å². The van der Waals surface area contributed by atoms with Crippen LogP contribution in [0.4, 0.5) is 0 Å². The fourth-order valence-corrected chi connectivity index (χ4v) is 2.46. The number of para-hydroxylation sites is 1. The molecule has 2 N–H and O–H groups in total. The molecule has 0 fully saturated rings. The number of carbonyl (C=O) groups excluding carboxylic acids is 1. The summed E-state index contributed by atoms with van der Waals surface area (Å²) in [6.45, 7) is 6.27. The van der Waals surface area contributed by atoms with E-state index in [0.717, 1.165) is 12.8 Å². The first-order valence-electron chi connectivity index (χ1n) is 8.11. The summed E-state index contributed by atoms with van der Waals surface area (Å²) in [6, 6.07) is 14.9. The number of aromatic hydroxyl groups is 1. The van der Waals surface area contributed by atoms with Gasteiger partial charge in [0.05, 0.1) is 5.56 Å². The first-order chi connectivity index (χ1) is 11.4. The number of aryl methyl sites for hydroxylation is 1. The summed E-state index contributed by atoms with van der Waals surface area (Å²) in [5.41, 5.74) is 5.04. The third-order valence-electron chi connectivity index (χ3n) is 3.82. The number of phenolic OH excluding ortho intramolecular Hbond substituents is 1. The van der Waals surface area contributed by atoms with Gasteiger partial charge in [0.1, 0.15) is 5.75 Å². The molecule has 24 heavy (non-hydrogen) atoms. The first kappa shape index (κ1) is 17.7. The predicted molar refractivity (Wildman–Crippen MR) is 97.4 cm³/mol. The highest BCUT2D eigenvalue weighted by molar-refractivity contribution is 5.96. The Hall–Kier alpha value is -2.62. The van der Waals surface area contributed by atoms with E-state index in [2.05, 4.69) is 55.6 Å². The maximum atomic E-state index is 12.0. The topological polar surface area (TPSA) is 61.7 Å². The van der Waals surface area contributed by atoms with E-state index in [9.17, 15) is 9.90 Å². The van der Waals surface area contributed by atoms with Gasteiger partial charge in [0.15, 0.2) is 0 Å². The molecule has 0 aromatic heterocycles. The fourth-order valence-electron chi connectivity index (χ4n) is 2.46. The average molecular weight is 324 g/mol. The number of benzene rings is 2. The van der Waals surface area contributed by atoms with Crippen molar-refractivity contribution in [2.75, 3.05) is 0 Å². The summed E-state index contributed by atoms with van der Waals surface area (Å²) in [5, 5.41) is 13.7. The van der Waals surface area contributed by atoms with Crippen LogP contribution in [0.1, 0.15) is 42.3 Å². The quantitative estimate of drug-likeness (QED) is 0.624. The Labute approximate surface area is 143 Å². The molecular weight excluding hydrogens is 300 g/mol. The van der Waals surface area contributed by atoms with Crippen LogP contribution in [-0.4, -0.2) is 17.2 Å². The lowest BCUT2D eigenvalue weighted by Crippen LogP contribution is -2.22. The van der Waals surface area contributed by atoms with Crippen LogP contribution in [0.5, 0.6) is 5.75 Å². The molecule has 0 radical (unpaired) electrons. The second kappa shape index (κ2) is 7.77. The summed E-state index contributed by atoms with van der Waals surface area (Å²) in [4.78, 5) is 12.0. The summed E-state index contributed by atoms with van der Waals surface area (Å²) in [5.74, 6) is -0.479. The predicted octanol–water partition coefficient (Wildman–Crippen LogP) is 3.94. The molecule has 0 heterocycles. The molecule has 2 rings (SSSR count). The minimum atomic E-state index is -0.424. The lowest BCUT2D eigenvalue weighted by Gasteiger charge is -2.19. The van der Waals surface area contributed by atoms with E-state index in [1.165, 1.54) is 17.2 Å². The zero-order valence-electron chi connectivity index (χ0n) is 14.4. The monoisotopic (exact) mass is 324 g/mol. The number of hydrazone groups is 1. The van der Waals surface area contributed by atoms with E-state index in [1.54, 1.807) is 24.4 Å². The Morgan fingerprint density at radius 3 is 2.38 bits per heavy atom. The van der Waals surface area contributed by atoms with Gasteiger partial charge in [0.2, 0.25) is 0 Å². The Bertz CT molecular complexity index is 719. The highest BCUT2D eigenvalue weighted by atomic mass is 16.3. The number of nitrogens with one attached hydrogen (secondary N) is 1. The van der Waals surface area contributed by atoms with Crippen LogP contribution in [0.15, 0.2) is 53.6 Å². The molecular formula is C20H24N2O2. The highest BCUT2D eigenvalue weighted by Gasteiger charge is 2.16. The van der Waals surface area contributed by atoms with E-state index in [-0.39, 0.29) is 16.7 Å². The second-order valence-corrected chi connectivity index (χ2v) is 6.55. The van der Waals surface area contributed by atoms with E-state index in [0.29, 0.717) is 0 Å². The first-order valence-corrected chi connectivity index (χ1v) is 8.11. The molecule has 0 atom stereocenters. The lowest BCUT2D eigenvalue weighted by atomic mass is 9.87. The lowest BCUT2D eigenvalue weighted by molar-refractivity contribution is 0.0952. The minimum Gasteiger partial charge on any atom is -0.507 e. The van der Waals surface area contributed by atoms with Gasteiger partial charge in [0.25, 0.3) is 5.91 Å². The van der Waals surface area contributed by atoms with Crippen LogP contribution >= 0.6 is 0 Å². The van der Waals surface area contributed by atoms with Crippen molar-refractivity contribution in [3.63, 3.8) is 0 Å². The minimum absolute atomic E-state index is 0.0551. The molecule has 2 aromatic carbocycles. The van der Waals surface area contributed by atoms with Crippen LogP contribution in [-0.2, 0) is 12.8 Å². The molecule has 4 nitrogen and oxygen atoms in total. The van der Waals surface area contributed by atoms with Crippen molar-refractivity contribution in [3.05, 3.63) is 65.2 Å². The standard InChI is InChI=1S/C20H24N2O2/c1-4-15-9-11-16(12-10-15)13-20(2,3)14-21-22-19(24)17-7-5-6-8-18(17)23/h5-12,14,23H,4,13H2,1-3H3,(H,22,24). The molecule has 0 aliphatic carbocycles. The van der Waals surface area contributed by atoms with Gasteiger partial charge in [0, 0.05) is 11.6 Å². The summed E-state index contributed by atoms with van der Waals surface area (Å²) < 4.78 is 0. The third kappa shape index (κ3) is 4.95. The molecule has 0 bridgehead atoms. The van der Waals surface area contributed by atoms with Crippen molar-refractivity contribution >= 4 is 12.1 Å². The van der Waals surface area contributed by atoms with Gasteiger partial charge in [-0.2, -0.15) is 5.10 Å². The zero-order chi connectivity index (χ0) is 17.6. The summed E-state index contributed by atoms with van der Waals surface area (Å²) in [7, 11) is 0. The molecule has 2 aromatic rings. The van der Waals surface area contributed by atoms with Crippen LogP contribution in [0.2, 0.25) is 0 Å². The van der Waals surface area contributed by atoms with Gasteiger partial charge in [-0.1, -0.05) is 57.2 Å². The van der Waals surface area contributed by atoms with Crippen LogP contribution < -0.4 is 5.43 Å². The molecule has 0 aliphatic heterocycles. The Morgan fingerprint density at radius 1 is 1.12 bits per heavy atom. The van der Waals surface area contributed by atoms with Crippen LogP contribution in [0.3, 0.4) is 0 Å². The van der Waals surface area contributed by atoms with Crippen molar-refractivity contribution in [3.8, 4) is 5.75 Å². The molecule has 0 aliphatic rings. The molecule has 0 saturated heterocycles. The van der Waals surface area contributed by atoms with Gasteiger partial charge >= 0.3 is 0 Å². The van der Waals surface area contributed by atoms with E-state index in [4.69, 9.17) is 0 Å². The normalized spacial score (nSPS) is 11.6. The number of phenols is 1. The number of rotatable bonds is 6. The van der Waals surface area contributed by atoms with Crippen molar-refractivity contribution in [2.45, 2.75) is 33.6 Å². The molecule has 0 saturated carbocycles. The summed E-state index contributed by atoms with van der Waals surface area (Å²) >= 11 is 0. The number of carbonyl (C=O) groups is 1. The van der Waals surface area contributed by atoms with Crippen molar-refractivity contribution in [2.24, 2.45) is 10.5 Å². The molecule has 1 amide bonds. The SMILES string of the molecule is CCc1ccc(CC(C)(C)C=NNC(=O)c2ccccc2O)cc1. The number of hydrogen-bond donors (Lipinski definition) is 2. The molecule has 126 valence electrons. The number of amides is 1. The smallest absolute Gasteiger partial charge is 0.275 e. The molecule has 0 spiro atoms. The van der Waals surface area contributed by atoms with Gasteiger partial charge < -0.3 is 5.11 Å². The Balaban J connectivity index is 1.96. The van der Waals surface area contributed by atoms with Gasteiger partial charge in [-0.15, -0.1) is 0 Å². The Kier molecular flexibility index (Phi) is 5.74. The summed E-state index contributed by atoms with van der Waals surface area (Å²) in [6.07, 6.45) is 3.59. The Morgan fingerprint density at radius 2 is 1.75 bits per heavy atom. The van der Waals surface area contributed by atoms with E-state index in [1.807, 2.05) is 0 Å². The molecule has 0 unspecified atom stereocenters. The average Bonchev–Trinajstić information content (AvgIpc) is 2.55. The van der Waals surface area contributed by atoms with Gasteiger partial charge in [-0.05, 0) is 36.1 Å². The van der Waals surface area contributed by atoms with Crippen molar-refractivity contribution in [1.82, 2.24) is 5.43 Å². The van der Waals surface area contributed by atoms with E-state index < -0.39 is 5.91 Å². The fraction of sp³-hybridized carbons (Fsp3) is 0.300. The van der Waals surface area contributed by atoms with E-state index >= 15 is 0 Å². The second-order valence-electron chi connectivity index (χ2n) is 6.55. The zero-order valence-corrected chi connectivity index (χ0v) is 14.4. The third-order valence-corrected chi connectivity index (χ3v) is 3.82. The van der Waals surface area contributed by atoms with Crippen LogP contribution in [0, 0.1) is 5.41 Å². The van der Waals surface area contributed by atoms with Crippen molar-refractivity contribution in [1.29, 1.82) is 0 Å². The van der Waals surface area contributed by atoms with Gasteiger partial charge in [-0.25, -0.2) is 5.43 Å². The number of hydrogen-bond acceptors (Lipinski definition) is 3. The maximum Gasteiger partial charge on any atom is 0.275 e. The largest absolute Gasteiger partial charge is 0.507 e. The van der Waals surface area contributed by atoms with Crippen LogP contribution in [0.25, 0.3) is 0 Å². The highest BCUT2D eigenvalue weighted by Crippen LogP contribution is 2.20. The molecule has 4 heteroatoms. The van der Waals surface area contributed by atoms with Gasteiger partial charge in [-0.3, -0.25) is 4.79 Å². The maximum absolute atomic E-state index is 12.0.